The Morgan fingerprint density at radius 1 is 1.31 bits per heavy atom. The number of hydrogen-bond donors (Lipinski definition) is 1. The van der Waals surface area contributed by atoms with Crippen LogP contribution in [-0.2, 0) is 9.47 Å². The number of hydrogen-bond acceptors (Lipinski definition) is 4. The zero-order chi connectivity index (χ0) is 11.3. The standard InChI is InChI=1S/C12H23NO2S/c13-7-4-12(5-9-16-10-6-12)15-11-3-1-2-8-14-11/h11H,1-10,13H2. The zero-order valence-corrected chi connectivity index (χ0v) is 10.8. The highest BCUT2D eigenvalue weighted by atomic mass is 32.2. The Hall–Kier alpha value is 0.230. The van der Waals surface area contributed by atoms with E-state index in [-0.39, 0.29) is 11.9 Å². The van der Waals surface area contributed by atoms with Crippen molar-refractivity contribution in [3.8, 4) is 0 Å². The Bertz CT molecular complexity index is 196. The van der Waals surface area contributed by atoms with Gasteiger partial charge in [-0.25, -0.2) is 0 Å². The van der Waals surface area contributed by atoms with Gasteiger partial charge in [0.1, 0.15) is 0 Å². The molecule has 1 unspecified atom stereocenters. The zero-order valence-electron chi connectivity index (χ0n) is 9.95. The average Bonchev–Trinajstić information content (AvgIpc) is 2.31. The number of ether oxygens (including phenoxy) is 2. The molecule has 16 heavy (non-hydrogen) atoms. The number of nitrogens with two attached hydrogens (primary N) is 1. The van der Waals surface area contributed by atoms with Gasteiger partial charge in [-0.2, -0.15) is 11.8 Å². The highest BCUT2D eigenvalue weighted by molar-refractivity contribution is 7.99. The Morgan fingerprint density at radius 3 is 2.75 bits per heavy atom. The van der Waals surface area contributed by atoms with E-state index in [1.165, 1.54) is 24.3 Å². The molecule has 0 aromatic carbocycles. The van der Waals surface area contributed by atoms with Crippen LogP contribution >= 0.6 is 11.8 Å². The van der Waals surface area contributed by atoms with Crippen LogP contribution in [-0.4, -0.2) is 36.5 Å². The van der Waals surface area contributed by atoms with Gasteiger partial charge in [0.25, 0.3) is 0 Å². The highest BCUT2D eigenvalue weighted by Crippen LogP contribution is 2.35. The predicted molar refractivity (Wildman–Crippen MR) is 67.6 cm³/mol. The van der Waals surface area contributed by atoms with Gasteiger partial charge in [0.15, 0.2) is 6.29 Å². The van der Waals surface area contributed by atoms with Crippen LogP contribution in [0.25, 0.3) is 0 Å². The van der Waals surface area contributed by atoms with Gasteiger partial charge in [0.2, 0.25) is 0 Å². The summed E-state index contributed by atoms with van der Waals surface area (Å²) in [6.07, 6.45) is 6.75. The Kier molecular flexibility index (Phi) is 4.95. The molecular formula is C12H23NO2S. The third kappa shape index (κ3) is 3.36. The van der Waals surface area contributed by atoms with Crippen LogP contribution in [0.5, 0.6) is 0 Å². The molecule has 3 nitrogen and oxygen atoms in total. The first-order valence-corrected chi connectivity index (χ1v) is 7.57. The second-order valence-corrected chi connectivity index (χ2v) is 5.97. The molecule has 2 fully saturated rings. The summed E-state index contributed by atoms with van der Waals surface area (Å²) in [5.74, 6) is 2.40. The normalized spacial score (nSPS) is 30.2. The van der Waals surface area contributed by atoms with Gasteiger partial charge >= 0.3 is 0 Å². The third-order valence-electron chi connectivity index (χ3n) is 3.52. The molecule has 0 aromatic rings. The minimum Gasteiger partial charge on any atom is -0.353 e. The van der Waals surface area contributed by atoms with Gasteiger partial charge in [-0.15, -0.1) is 0 Å². The molecule has 0 bridgehead atoms. The van der Waals surface area contributed by atoms with Crippen LogP contribution in [0.1, 0.15) is 38.5 Å². The van der Waals surface area contributed by atoms with Crippen molar-refractivity contribution in [1.82, 2.24) is 0 Å². The second-order valence-electron chi connectivity index (χ2n) is 4.75. The SMILES string of the molecule is NCCC1(OC2CCCCO2)CCSCC1. The number of thioether (sulfide) groups is 1. The van der Waals surface area contributed by atoms with Crippen molar-refractivity contribution < 1.29 is 9.47 Å². The van der Waals surface area contributed by atoms with Crippen LogP contribution in [0.3, 0.4) is 0 Å². The molecule has 2 aliphatic heterocycles. The van der Waals surface area contributed by atoms with Gasteiger partial charge in [0.05, 0.1) is 5.60 Å². The molecule has 1 atom stereocenters. The Labute approximate surface area is 102 Å². The van der Waals surface area contributed by atoms with Gasteiger partial charge in [-0.05, 0) is 56.6 Å². The fraction of sp³-hybridized carbons (Fsp3) is 1.00. The summed E-state index contributed by atoms with van der Waals surface area (Å²) >= 11 is 2.02. The summed E-state index contributed by atoms with van der Waals surface area (Å²) in [6.45, 7) is 1.58. The van der Waals surface area contributed by atoms with Crippen LogP contribution < -0.4 is 5.73 Å². The summed E-state index contributed by atoms with van der Waals surface area (Å²) in [4.78, 5) is 0. The summed E-state index contributed by atoms with van der Waals surface area (Å²) in [5, 5.41) is 0. The van der Waals surface area contributed by atoms with Gasteiger partial charge < -0.3 is 15.2 Å². The van der Waals surface area contributed by atoms with E-state index in [4.69, 9.17) is 15.2 Å². The van der Waals surface area contributed by atoms with E-state index in [0.29, 0.717) is 0 Å². The van der Waals surface area contributed by atoms with Crippen molar-refractivity contribution in [2.24, 2.45) is 5.73 Å². The first kappa shape index (κ1) is 12.7. The van der Waals surface area contributed by atoms with E-state index in [1.807, 2.05) is 11.8 Å². The van der Waals surface area contributed by atoms with Crippen molar-refractivity contribution in [2.75, 3.05) is 24.7 Å². The monoisotopic (exact) mass is 245 g/mol. The third-order valence-corrected chi connectivity index (χ3v) is 4.51. The molecule has 2 aliphatic rings. The van der Waals surface area contributed by atoms with Crippen molar-refractivity contribution >= 4 is 11.8 Å². The topological polar surface area (TPSA) is 44.5 Å². The molecule has 0 spiro atoms. The summed E-state index contributed by atoms with van der Waals surface area (Å²) in [5.41, 5.74) is 5.74. The van der Waals surface area contributed by atoms with Crippen molar-refractivity contribution in [3.05, 3.63) is 0 Å². The van der Waals surface area contributed by atoms with E-state index in [1.54, 1.807) is 0 Å². The fourth-order valence-corrected chi connectivity index (χ4v) is 3.75. The summed E-state index contributed by atoms with van der Waals surface area (Å²) < 4.78 is 11.9. The quantitative estimate of drug-likeness (QED) is 0.824. The van der Waals surface area contributed by atoms with Crippen LogP contribution in [0.2, 0.25) is 0 Å². The largest absolute Gasteiger partial charge is 0.353 e. The minimum atomic E-state index is 0.0159. The maximum atomic E-state index is 6.24. The molecule has 0 amide bonds. The lowest BCUT2D eigenvalue weighted by Gasteiger charge is -2.40. The van der Waals surface area contributed by atoms with E-state index in [9.17, 15) is 0 Å². The maximum Gasteiger partial charge on any atom is 0.158 e. The van der Waals surface area contributed by atoms with Crippen LogP contribution in [0.4, 0.5) is 0 Å². The predicted octanol–water partition coefficient (Wildman–Crippen LogP) is 2.14. The van der Waals surface area contributed by atoms with Crippen molar-refractivity contribution in [3.63, 3.8) is 0 Å². The molecule has 2 N–H and O–H groups in total. The molecule has 0 radical (unpaired) electrons. The molecule has 0 aromatic heterocycles. The summed E-state index contributed by atoms with van der Waals surface area (Å²) in [7, 11) is 0. The minimum absolute atomic E-state index is 0.0159. The average molecular weight is 245 g/mol. The van der Waals surface area contributed by atoms with Gasteiger partial charge in [-0.3, -0.25) is 0 Å². The molecule has 4 heteroatoms. The van der Waals surface area contributed by atoms with E-state index < -0.39 is 0 Å². The molecule has 0 saturated carbocycles. The number of rotatable bonds is 4. The lowest BCUT2D eigenvalue weighted by atomic mass is 9.92. The Balaban J connectivity index is 1.89. The van der Waals surface area contributed by atoms with Crippen molar-refractivity contribution in [2.45, 2.75) is 50.4 Å². The highest BCUT2D eigenvalue weighted by Gasteiger charge is 2.35. The van der Waals surface area contributed by atoms with E-state index >= 15 is 0 Å². The van der Waals surface area contributed by atoms with Crippen LogP contribution in [0.15, 0.2) is 0 Å². The smallest absolute Gasteiger partial charge is 0.158 e. The maximum absolute atomic E-state index is 6.24. The van der Waals surface area contributed by atoms with E-state index in [0.717, 1.165) is 38.8 Å². The molecule has 2 rings (SSSR count). The lowest BCUT2D eigenvalue weighted by molar-refractivity contribution is -0.228. The Morgan fingerprint density at radius 2 is 2.12 bits per heavy atom. The first-order valence-electron chi connectivity index (χ1n) is 6.42. The summed E-state index contributed by atoms with van der Waals surface area (Å²) in [6, 6.07) is 0. The molecule has 2 heterocycles. The van der Waals surface area contributed by atoms with E-state index in [2.05, 4.69) is 0 Å². The second kappa shape index (κ2) is 6.24. The molecular weight excluding hydrogens is 222 g/mol. The van der Waals surface area contributed by atoms with Crippen molar-refractivity contribution in [1.29, 1.82) is 0 Å². The lowest BCUT2D eigenvalue weighted by Crippen LogP contribution is -2.43. The molecule has 2 saturated heterocycles. The van der Waals surface area contributed by atoms with Gasteiger partial charge in [-0.1, -0.05) is 0 Å². The van der Waals surface area contributed by atoms with Crippen LogP contribution in [0, 0.1) is 0 Å². The molecule has 0 aliphatic carbocycles. The fourth-order valence-electron chi connectivity index (χ4n) is 2.52. The first-order chi connectivity index (χ1) is 7.85. The molecule has 94 valence electrons. The van der Waals surface area contributed by atoms with Gasteiger partial charge in [0, 0.05) is 6.61 Å².